The van der Waals surface area contributed by atoms with Crippen LogP contribution in [0.15, 0.2) is 24.3 Å². The Labute approximate surface area is 213 Å². The molecule has 0 aliphatic carbocycles. The molecule has 1 N–H and O–H groups in total. The van der Waals surface area contributed by atoms with Gasteiger partial charge in [-0.1, -0.05) is 13.8 Å². The minimum atomic E-state index is -0.539. The number of benzene rings is 1. The quantitative estimate of drug-likeness (QED) is 0.577. The number of nitrogens with zero attached hydrogens (tertiary/aromatic N) is 3. The Morgan fingerprint density at radius 3 is 2.31 bits per heavy atom. The molecule has 0 bridgehead atoms. The third-order valence-electron chi connectivity index (χ3n) is 7.98. The largest absolute Gasteiger partial charge is 0.462 e. The van der Waals surface area contributed by atoms with Crippen molar-refractivity contribution in [3.63, 3.8) is 0 Å². The number of carbonyl (C=O) groups is 3. The summed E-state index contributed by atoms with van der Waals surface area (Å²) in [5.41, 5.74) is 0.550. The summed E-state index contributed by atoms with van der Waals surface area (Å²) >= 11 is 0. The van der Waals surface area contributed by atoms with Crippen molar-refractivity contribution in [2.45, 2.75) is 58.6 Å². The molecule has 4 rings (SSSR count). The molecule has 3 fully saturated rings. The Kier molecular flexibility index (Phi) is 8.17. The molecule has 2 unspecified atom stereocenters. The van der Waals surface area contributed by atoms with Gasteiger partial charge in [-0.05, 0) is 49.4 Å². The molecule has 0 saturated carbocycles. The summed E-state index contributed by atoms with van der Waals surface area (Å²) < 4.78 is 19.0. The van der Waals surface area contributed by atoms with Gasteiger partial charge in [-0.25, -0.2) is 4.39 Å². The van der Waals surface area contributed by atoms with E-state index in [4.69, 9.17) is 4.74 Å². The molecule has 1 spiro atoms. The van der Waals surface area contributed by atoms with Gasteiger partial charge in [-0.2, -0.15) is 0 Å². The van der Waals surface area contributed by atoms with Gasteiger partial charge in [-0.3, -0.25) is 19.3 Å². The van der Waals surface area contributed by atoms with Gasteiger partial charge in [0, 0.05) is 64.8 Å². The van der Waals surface area contributed by atoms with E-state index in [0.717, 1.165) is 44.8 Å². The van der Waals surface area contributed by atoms with Crippen LogP contribution in [0, 0.1) is 17.2 Å². The van der Waals surface area contributed by atoms with Gasteiger partial charge in [0.15, 0.2) is 0 Å². The maximum atomic E-state index is 13.2. The molecule has 3 aliphatic heterocycles. The van der Waals surface area contributed by atoms with Crippen molar-refractivity contribution in [1.82, 2.24) is 15.1 Å². The van der Waals surface area contributed by atoms with Gasteiger partial charge in [0.1, 0.15) is 18.0 Å². The molecule has 36 heavy (non-hydrogen) atoms. The number of piperazine rings is 1. The third kappa shape index (κ3) is 5.99. The number of carbonyl (C=O) groups excluding carboxylic acids is 3. The van der Waals surface area contributed by atoms with E-state index in [2.05, 4.69) is 15.1 Å². The average Bonchev–Trinajstić information content (AvgIpc) is 3.16. The van der Waals surface area contributed by atoms with E-state index in [1.807, 2.05) is 26.0 Å². The number of hydrogen-bond donors (Lipinski definition) is 1. The molecule has 2 amide bonds. The van der Waals surface area contributed by atoms with Gasteiger partial charge in [-0.15, -0.1) is 0 Å². The lowest BCUT2D eigenvalue weighted by atomic mass is 9.75. The Morgan fingerprint density at radius 2 is 1.72 bits per heavy atom. The number of halogens is 1. The van der Waals surface area contributed by atoms with Gasteiger partial charge >= 0.3 is 5.97 Å². The number of amides is 2. The average molecular weight is 503 g/mol. The van der Waals surface area contributed by atoms with E-state index in [9.17, 15) is 18.8 Å². The minimum Gasteiger partial charge on any atom is -0.462 e. The standard InChI is InChI=1S/C27H39FN4O4/c1-19(2)24(29-20(3)33)25(34)32-12-9-27(10-13-32)18-23(36-26(27)35)8-11-30-14-16-31(17-15-30)22-6-4-21(28)5-7-22/h4-7,19,23-24H,8-18H2,1-3H3,(H,29,33). The number of nitrogens with one attached hydrogen (secondary N) is 1. The van der Waals surface area contributed by atoms with E-state index in [1.165, 1.54) is 19.1 Å². The van der Waals surface area contributed by atoms with E-state index in [0.29, 0.717) is 32.4 Å². The molecular formula is C27H39FN4O4. The van der Waals surface area contributed by atoms with Crippen molar-refractivity contribution in [2.24, 2.45) is 11.3 Å². The molecule has 8 nitrogen and oxygen atoms in total. The molecule has 3 heterocycles. The highest BCUT2D eigenvalue weighted by atomic mass is 19.1. The Bertz CT molecular complexity index is 938. The van der Waals surface area contributed by atoms with Crippen LogP contribution >= 0.6 is 0 Å². The normalized spacial score (nSPS) is 23.1. The first-order valence-corrected chi connectivity index (χ1v) is 13.2. The number of ether oxygens (including phenoxy) is 1. The van der Waals surface area contributed by atoms with Crippen LogP contribution in [0.3, 0.4) is 0 Å². The van der Waals surface area contributed by atoms with Crippen molar-refractivity contribution < 1.29 is 23.5 Å². The number of piperidine rings is 1. The van der Waals surface area contributed by atoms with E-state index < -0.39 is 11.5 Å². The summed E-state index contributed by atoms with van der Waals surface area (Å²) in [6.07, 6.45) is 2.65. The van der Waals surface area contributed by atoms with E-state index in [-0.39, 0.29) is 35.6 Å². The van der Waals surface area contributed by atoms with Crippen LogP contribution in [0.2, 0.25) is 0 Å². The van der Waals surface area contributed by atoms with Crippen LogP contribution in [-0.2, 0) is 19.1 Å². The van der Waals surface area contributed by atoms with Gasteiger partial charge in [0.2, 0.25) is 11.8 Å². The van der Waals surface area contributed by atoms with Crippen molar-refractivity contribution in [2.75, 3.05) is 50.7 Å². The Morgan fingerprint density at radius 1 is 1.08 bits per heavy atom. The highest BCUT2D eigenvalue weighted by molar-refractivity contribution is 5.87. The van der Waals surface area contributed by atoms with Crippen molar-refractivity contribution in [1.29, 1.82) is 0 Å². The maximum Gasteiger partial charge on any atom is 0.312 e. The SMILES string of the molecule is CC(=O)NC(C(=O)N1CCC2(CC1)CC(CCN1CCN(c3ccc(F)cc3)CC1)OC2=O)C(C)C. The zero-order chi connectivity index (χ0) is 25.9. The summed E-state index contributed by atoms with van der Waals surface area (Å²) in [4.78, 5) is 43.9. The Balaban J connectivity index is 1.22. The van der Waals surface area contributed by atoms with Gasteiger partial charge in [0.25, 0.3) is 0 Å². The minimum absolute atomic E-state index is 0.00401. The summed E-state index contributed by atoms with van der Waals surface area (Å²) in [5, 5.41) is 2.77. The molecule has 2 atom stereocenters. The fourth-order valence-electron chi connectivity index (χ4n) is 5.70. The Hall–Kier alpha value is -2.68. The van der Waals surface area contributed by atoms with Crippen molar-refractivity contribution >= 4 is 23.5 Å². The highest BCUT2D eigenvalue weighted by Gasteiger charge is 2.51. The topological polar surface area (TPSA) is 82.2 Å². The smallest absolute Gasteiger partial charge is 0.312 e. The number of likely N-dealkylation sites (tertiary alicyclic amines) is 1. The fourth-order valence-corrected chi connectivity index (χ4v) is 5.70. The lowest BCUT2D eigenvalue weighted by Gasteiger charge is -2.38. The van der Waals surface area contributed by atoms with E-state index in [1.54, 1.807) is 4.90 Å². The van der Waals surface area contributed by atoms with Crippen LogP contribution in [-0.4, -0.2) is 85.5 Å². The van der Waals surface area contributed by atoms with Crippen molar-refractivity contribution in [3.05, 3.63) is 30.1 Å². The monoisotopic (exact) mass is 502 g/mol. The lowest BCUT2D eigenvalue weighted by Crippen LogP contribution is -2.54. The molecule has 198 valence electrons. The second kappa shape index (κ2) is 11.2. The van der Waals surface area contributed by atoms with E-state index >= 15 is 0 Å². The predicted octanol–water partition coefficient (Wildman–Crippen LogP) is 2.42. The second-order valence-electron chi connectivity index (χ2n) is 10.9. The van der Waals surface area contributed by atoms with Crippen molar-refractivity contribution in [3.8, 4) is 0 Å². The van der Waals surface area contributed by atoms with Crippen LogP contribution < -0.4 is 10.2 Å². The summed E-state index contributed by atoms with van der Waals surface area (Å²) in [7, 11) is 0. The molecule has 1 aromatic carbocycles. The van der Waals surface area contributed by atoms with Gasteiger partial charge < -0.3 is 19.9 Å². The number of anilines is 1. The highest BCUT2D eigenvalue weighted by Crippen LogP contribution is 2.44. The first kappa shape index (κ1) is 26.4. The molecule has 3 saturated heterocycles. The van der Waals surface area contributed by atoms with Crippen LogP contribution in [0.5, 0.6) is 0 Å². The number of esters is 1. The lowest BCUT2D eigenvalue weighted by molar-refractivity contribution is -0.153. The molecular weight excluding hydrogens is 463 g/mol. The first-order chi connectivity index (χ1) is 17.2. The molecule has 3 aliphatic rings. The molecule has 9 heteroatoms. The molecule has 0 aromatic heterocycles. The number of rotatable bonds is 7. The second-order valence-corrected chi connectivity index (χ2v) is 10.9. The predicted molar refractivity (Wildman–Crippen MR) is 135 cm³/mol. The maximum absolute atomic E-state index is 13.2. The third-order valence-corrected chi connectivity index (χ3v) is 7.98. The van der Waals surface area contributed by atoms with Gasteiger partial charge in [0.05, 0.1) is 5.41 Å². The van der Waals surface area contributed by atoms with Crippen LogP contribution in [0.25, 0.3) is 0 Å². The summed E-state index contributed by atoms with van der Waals surface area (Å²) in [6.45, 7) is 10.8. The summed E-state index contributed by atoms with van der Waals surface area (Å²) in [5.74, 6) is -0.630. The summed E-state index contributed by atoms with van der Waals surface area (Å²) in [6, 6.07) is 6.10. The number of hydrogen-bond acceptors (Lipinski definition) is 6. The molecule has 0 radical (unpaired) electrons. The first-order valence-electron chi connectivity index (χ1n) is 13.2. The zero-order valence-electron chi connectivity index (χ0n) is 21.7. The van der Waals surface area contributed by atoms with Crippen LogP contribution in [0.4, 0.5) is 10.1 Å². The molecule has 1 aromatic rings. The zero-order valence-corrected chi connectivity index (χ0v) is 21.7. The fraction of sp³-hybridized carbons (Fsp3) is 0.667. The van der Waals surface area contributed by atoms with Crippen LogP contribution in [0.1, 0.15) is 46.5 Å². The number of cyclic esters (lactones) is 1.